The first-order chi connectivity index (χ1) is 29.1. The number of hydrogen-bond acceptors (Lipinski definition) is 4. The zero-order chi connectivity index (χ0) is 39.0. The van der Waals surface area contributed by atoms with E-state index < -0.39 is 0 Å². The molecule has 1 aliphatic rings. The maximum atomic E-state index is 6.62. The molecule has 0 fully saturated rings. The van der Waals surface area contributed by atoms with Crippen LogP contribution in [0.2, 0.25) is 0 Å². The molecule has 3 aromatic heterocycles. The van der Waals surface area contributed by atoms with Crippen LogP contribution < -0.4 is 0 Å². The second-order valence-electron chi connectivity index (χ2n) is 15.7. The van der Waals surface area contributed by atoms with Gasteiger partial charge in [-0.3, -0.25) is 0 Å². The van der Waals surface area contributed by atoms with Gasteiger partial charge in [0.1, 0.15) is 11.2 Å². The zero-order valence-corrected chi connectivity index (χ0v) is 32.3. The van der Waals surface area contributed by atoms with Crippen LogP contribution in [0.15, 0.2) is 180 Å². The molecule has 3 heterocycles. The van der Waals surface area contributed by atoms with Gasteiger partial charge in [-0.15, -0.1) is 0 Å². The number of nitrogens with zero attached hydrogens (tertiary/aromatic N) is 4. The molecule has 0 saturated carbocycles. The smallest absolute Gasteiger partial charge is 0.166 e. The third-order valence-electron chi connectivity index (χ3n) is 12.0. The third kappa shape index (κ3) is 5.43. The summed E-state index contributed by atoms with van der Waals surface area (Å²) in [5.41, 5.74) is 11.3. The molecule has 0 aliphatic heterocycles. The molecule has 0 saturated heterocycles. The summed E-state index contributed by atoms with van der Waals surface area (Å²) >= 11 is 0. The summed E-state index contributed by atoms with van der Waals surface area (Å²) in [4.78, 5) is 16.3. The molecule has 1 aliphatic carbocycles. The molecule has 0 amide bonds. The van der Waals surface area contributed by atoms with Gasteiger partial charge in [0.05, 0.1) is 16.8 Å². The van der Waals surface area contributed by atoms with Crippen LogP contribution in [0.3, 0.4) is 0 Å². The maximum absolute atomic E-state index is 6.62. The average Bonchev–Trinajstić information content (AvgIpc) is 3.82. The summed E-state index contributed by atoms with van der Waals surface area (Å²) in [6, 6.07) is 59.7. The van der Waals surface area contributed by atoms with Crippen molar-refractivity contribution in [3.8, 4) is 51.0 Å². The minimum Gasteiger partial charge on any atom is -0.456 e. The van der Waals surface area contributed by atoms with Crippen LogP contribution in [-0.2, 0) is 6.42 Å². The highest BCUT2D eigenvalue weighted by molar-refractivity contribution is 6.14. The van der Waals surface area contributed by atoms with E-state index in [1.54, 1.807) is 0 Å². The van der Waals surface area contributed by atoms with Crippen molar-refractivity contribution >= 4 is 60.5 Å². The van der Waals surface area contributed by atoms with E-state index >= 15 is 0 Å². The van der Waals surface area contributed by atoms with E-state index in [-0.39, 0.29) is 0 Å². The summed E-state index contributed by atoms with van der Waals surface area (Å²) in [7, 11) is 0. The van der Waals surface area contributed by atoms with E-state index in [4.69, 9.17) is 19.4 Å². The molecule has 0 radical (unpaired) electrons. The second-order valence-corrected chi connectivity index (χ2v) is 15.7. The lowest BCUT2D eigenvalue weighted by Gasteiger charge is -2.19. The van der Waals surface area contributed by atoms with Crippen LogP contribution in [0.1, 0.15) is 18.2 Å². The molecule has 278 valence electrons. The number of benzene rings is 8. The Hall–Kier alpha value is -7.63. The lowest BCUT2D eigenvalue weighted by Crippen LogP contribution is -2.08. The summed E-state index contributed by atoms with van der Waals surface area (Å²) < 4.78 is 9.05. The lowest BCUT2D eigenvalue weighted by atomic mass is 9.92. The molecule has 59 heavy (non-hydrogen) atoms. The molecule has 1 unspecified atom stereocenters. The van der Waals surface area contributed by atoms with Gasteiger partial charge in [0.2, 0.25) is 0 Å². The van der Waals surface area contributed by atoms with Crippen molar-refractivity contribution in [2.24, 2.45) is 5.92 Å². The highest BCUT2D eigenvalue weighted by atomic mass is 16.3. The quantitative estimate of drug-likeness (QED) is 0.175. The first-order valence-corrected chi connectivity index (χ1v) is 20.2. The topological polar surface area (TPSA) is 56.7 Å². The van der Waals surface area contributed by atoms with Gasteiger partial charge in [0.15, 0.2) is 17.5 Å². The van der Waals surface area contributed by atoms with Crippen molar-refractivity contribution in [2.75, 3.05) is 0 Å². The Morgan fingerprint density at radius 2 is 1.20 bits per heavy atom. The SMILES string of the molecule is CC1C=Cc2c(c3cc4ccccc4cc3n2-c2ccc3oc4ccccc4c3c2-c2nc(-c3cccc(-c4ccccc4)c3)nc(-c3cccc4ccccc34)n2)C1. The maximum Gasteiger partial charge on any atom is 0.166 e. The number of aromatic nitrogens is 4. The van der Waals surface area contributed by atoms with Gasteiger partial charge in [-0.2, -0.15) is 0 Å². The molecule has 5 heteroatoms. The van der Waals surface area contributed by atoms with Gasteiger partial charge >= 0.3 is 0 Å². The Morgan fingerprint density at radius 1 is 0.525 bits per heavy atom. The van der Waals surface area contributed by atoms with Crippen LogP contribution in [0.5, 0.6) is 0 Å². The summed E-state index contributed by atoms with van der Waals surface area (Å²) in [5.74, 6) is 2.22. The van der Waals surface area contributed by atoms with Gasteiger partial charge in [-0.25, -0.2) is 15.0 Å². The Morgan fingerprint density at radius 3 is 2.08 bits per heavy atom. The zero-order valence-electron chi connectivity index (χ0n) is 32.3. The monoisotopic (exact) mass is 756 g/mol. The largest absolute Gasteiger partial charge is 0.456 e. The standard InChI is InChI=1S/C54H36N4O/c1-33-25-26-45-43(29-33)44-31-37-16-5-6-17-38(37)32-47(44)58(45)46-27-28-49-50(42-22-9-10-24-48(42)59-49)51(46)54-56-52(39-20-11-19-36(30-39)34-13-3-2-4-14-34)55-53(57-54)41-23-12-18-35-15-7-8-21-40(35)41/h2-28,30-33H,29H2,1H3. The third-order valence-corrected chi connectivity index (χ3v) is 12.0. The Balaban J connectivity index is 1.21. The fourth-order valence-electron chi connectivity index (χ4n) is 9.20. The van der Waals surface area contributed by atoms with E-state index in [1.165, 1.54) is 27.4 Å². The fraction of sp³-hybridized carbons (Fsp3) is 0.0556. The molecule has 8 aromatic carbocycles. The molecule has 5 nitrogen and oxygen atoms in total. The highest BCUT2D eigenvalue weighted by Gasteiger charge is 2.27. The van der Waals surface area contributed by atoms with Gasteiger partial charge in [0, 0.05) is 33.0 Å². The van der Waals surface area contributed by atoms with Crippen molar-refractivity contribution in [1.82, 2.24) is 19.5 Å². The Labute approximate surface area is 340 Å². The van der Waals surface area contributed by atoms with Crippen molar-refractivity contribution in [3.05, 3.63) is 187 Å². The van der Waals surface area contributed by atoms with Gasteiger partial charge < -0.3 is 8.98 Å². The van der Waals surface area contributed by atoms with E-state index in [9.17, 15) is 0 Å². The minimum atomic E-state index is 0.425. The number of hydrogen-bond donors (Lipinski definition) is 0. The molecule has 11 aromatic rings. The lowest BCUT2D eigenvalue weighted by molar-refractivity contribution is 0.669. The first kappa shape index (κ1) is 33.5. The summed E-state index contributed by atoms with van der Waals surface area (Å²) in [5, 5.41) is 7.90. The predicted molar refractivity (Wildman–Crippen MR) is 243 cm³/mol. The molecule has 1 atom stereocenters. The van der Waals surface area contributed by atoms with E-state index in [0.717, 1.165) is 78.2 Å². The van der Waals surface area contributed by atoms with Crippen molar-refractivity contribution < 1.29 is 4.42 Å². The van der Waals surface area contributed by atoms with E-state index in [0.29, 0.717) is 23.4 Å². The summed E-state index contributed by atoms with van der Waals surface area (Å²) in [6.07, 6.45) is 5.60. The Bertz CT molecular complexity index is 3500. The minimum absolute atomic E-state index is 0.425. The number of allylic oxidation sites excluding steroid dienone is 1. The number of fused-ring (bicyclic) bond motifs is 8. The molecule has 0 spiro atoms. The molecule has 12 rings (SSSR count). The van der Waals surface area contributed by atoms with Crippen molar-refractivity contribution in [2.45, 2.75) is 13.3 Å². The normalized spacial score (nSPS) is 13.9. The molecule has 0 bridgehead atoms. The van der Waals surface area contributed by atoms with Crippen LogP contribution in [0.25, 0.3) is 111 Å². The number of furan rings is 1. The van der Waals surface area contributed by atoms with Crippen molar-refractivity contribution in [1.29, 1.82) is 0 Å². The van der Waals surface area contributed by atoms with Gasteiger partial charge in [0.25, 0.3) is 0 Å². The predicted octanol–water partition coefficient (Wildman–Crippen LogP) is 13.9. The molecule has 0 N–H and O–H groups in total. The van der Waals surface area contributed by atoms with Crippen LogP contribution in [0.4, 0.5) is 0 Å². The molecular formula is C54H36N4O. The van der Waals surface area contributed by atoms with Crippen LogP contribution >= 0.6 is 0 Å². The van der Waals surface area contributed by atoms with Crippen LogP contribution in [0, 0.1) is 5.92 Å². The van der Waals surface area contributed by atoms with Crippen LogP contribution in [-0.4, -0.2) is 19.5 Å². The van der Waals surface area contributed by atoms with Gasteiger partial charge in [-0.1, -0.05) is 146 Å². The number of para-hydroxylation sites is 1. The first-order valence-electron chi connectivity index (χ1n) is 20.2. The Kier molecular flexibility index (Phi) is 7.51. The van der Waals surface area contributed by atoms with Crippen molar-refractivity contribution in [3.63, 3.8) is 0 Å². The number of rotatable bonds is 5. The second kappa shape index (κ2) is 13.2. The van der Waals surface area contributed by atoms with E-state index in [2.05, 4.69) is 175 Å². The molecular weight excluding hydrogens is 721 g/mol. The average molecular weight is 757 g/mol. The van der Waals surface area contributed by atoms with E-state index in [1.807, 2.05) is 18.2 Å². The van der Waals surface area contributed by atoms with Gasteiger partial charge in [-0.05, 0) is 93.0 Å². The highest BCUT2D eigenvalue weighted by Crippen LogP contribution is 2.45. The summed E-state index contributed by atoms with van der Waals surface area (Å²) in [6.45, 7) is 2.30. The fourth-order valence-corrected chi connectivity index (χ4v) is 9.20.